The zero-order valence-electron chi connectivity index (χ0n) is 7.45. The maximum atomic E-state index is 5.83. The first-order valence-corrected chi connectivity index (χ1v) is 5.11. The molecule has 13 heavy (non-hydrogen) atoms. The van der Waals surface area contributed by atoms with Crippen molar-refractivity contribution < 1.29 is 0 Å². The van der Waals surface area contributed by atoms with E-state index >= 15 is 0 Å². The first kappa shape index (κ1) is 8.32. The summed E-state index contributed by atoms with van der Waals surface area (Å²) in [6.07, 6.45) is 0. The van der Waals surface area contributed by atoms with E-state index in [4.69, 9.17) is 5.73 Å². The molecule has 0 unspecified atom stereocenters. The SMILES string of the molecule is Cc1c(N)cccc1-c1ccsc1. The molecule has 0 spiro atoms. The number of hydrogen-bond acceptors (Lipinski definition) is 2. The van der Waals surface area contributed by atoms with Gasteiger partial charge in [0.1, 0.15) is 0 Å². The first-order chi connectivity index (χ1) is 6.29. The van der Waals surface area contributed by atoms with Gasteiger partial charge in [-0.3, -0.25) is 0 Å². The minimum absolute atomic E-state index is 0.865. The van der Waals surface area contributed by atoms with E-state index in [0.717, 1.165) is 5.69 Å². The van der Waals surface area contributed by atoms with E-state index in [0.29, 0.717) is 0 Å². The van der Waals surface area contributed by atoms with Gasteiger partial charge in [-0.2, -0.15) is 11.3 Å². The molecule has 66 valence electrons. The summed E-state index contributed by atoms with van der Waals surface area (Å²) in [6.45, 7) is 2.06. The average molecular weight is 189 g/mol. The van der Waals surface area contributed by atoms with Crippen LogP contribution in [0, 0.1) is 6.92 Å². The van der Waals surface area contributed by atoms with Crippen LogP contribution in [0.4, 0.5) is 5.69 Å². The van der Waals surface area contributed by atoms with Crippen molar-refractivity contribution in [3.63, 3.8) is 0 Å². The molecule has 1 aromatic heterocycles. The molecule has 2 N–H and O–H groups in total. The highest BCUT2D eigenvalue weighted by Gasteiger charge is 2.03. The molecule has 0 aliphatic heterocycles. The second kappa shape index (κ2) is 3.23. The van der Waals surface area contributed by atoms with Crippen molar-refractivity contribution in [2.75, 3.05) is 5.73 Å². The van der Waals surface area contributed by atoms with E-state index in [9.17, 15) is 0 Å². The third-order valence-electron chi connectivity index (χ3n) is 2.21. The number of anilines is 1. The fourth-order valence-corrected chi connectivity index (χ4v) is 2.04. The second-order valence-corrected chi connectivity index (χ2v) is 3.81. The van der Waals surface area contributed by atoms with Gasteiger partial charge in [-0.25, -0.2) is 0 Å². The molecular formula is C11H11NS. The molecule has 2 heteroatoms. The van der Waals surface area contributed by atoms with Gasteiger partial charge in [-0.1, -0.05) is 12.1 Å². The number of nitrogen functional groups attached to an aromatic ring is 1. The van der Waals surface area contributed by atoms with Crippen molar-refractivity contribution in [2.45, 2.75) is 6.92 Å². The van der Waals surface area contributed by atoms with Crippen molar-refractivity contribution in [2.24, 2.45) is 0 Å². The lowest BCUT2D eigenvalue weighted by Gasteiger charge is -2.05. The number of thiophene rings is 1. The van der Waals surface area contributed by atoms with Crippen LogP contribution in [0.3, 0.4) is 0 Å². The Morgan fingerprint density at radius 3 is 2.77 bits per heavy atom. The lowest BCUT2D eigenvalue weighted by molar-refractivity contribution is 1.47. The van der Waals surface area contributed by atoms with Crippen LogP contribution < -0.4 is 5.73 Å². The molecule has 0 atom stereocenters. The van der Waals surface area contributed by atoms with Crippen LogP contribution in [0.1, 0.15) is 5.56 Å². The zero-order chi connectivity index (χ0) is 9.26. The fraction of sp³-hybridized carbons (Fsp3) is 0.0909. The lowest BCUT2D eigenvalue weighted by Crippen LogP contribution is -1.90. The first-order valence-electron chi connectivity index (χ1n) is 4.16. The fourth-order valence-electron chi connectivity index (χ4n) is 1.38. The molecule has 0 amide bonds. The predicted octanol–water partition coefficient (Wildman–Crippen LogP) is 3.31. The van der Waals surface area contributed by atoms with Crippen LogP contribution in [-0.2, 0) is 0 Å². The molecular weight excluding hydrogens is 178 g/mol. The number of hydrogen-bond donors (Lipinski definition) is 1. The van der Waals surface area contributed by atoms with E-state index in [1.165, 1.54) is 16.7 Å². The van der Waals surface area contributed by atoms with E-state index in [1.54, 1.807) is 11.3 Å². The maximum absolute atomic E-state index is 5.83. The molecule has 1 aromatic carbocycles. The van der Waals surface area contributed by atoms with Gasteiger partial charge in [-0.15, -0.1) is 0 Å². The number of nitrogens with two attached hydrogens (primary N) is 1. The lowest BCUT2D eigenvalue weighted by atomic mass is 10.0. The Morgan fingerprint density at radius 1 is 1.23 bits per heavy atom. The summed E-state index contributed by atoms with van der Waals surface area (Å²) in [6, 6.07) is 8.15. The molecule has 0 aliphatic carbocycles. The highest BCUT2D eigenvalue weighted by Crippen LogP contribution is 2.28. The third-order valence-corrected chi connectivity index (χ3v) is 2.89. The van der Waals surface area contributed by atoms with Crippen LogP contribution >= 0.6 is 11.3 Å². The Balaban J connectivity index is 2.59. The summed E-state index contributed by atoms with van der Waals surface area (Å²) in [4.78, 5) is 0. The van der Waals surface area contributed by atoms with Crippen molar-refractivity contribution in [1.29, 1.82) is 0 Å². The zero-order valence-corrected chi connectivity index (χ0v) is 8.27. The summed E-state index contributed by atoms with van der Waals surface area (Å²) in [5, 5.41) is 4.22. The molecule has 0 bridgehead atoms. The van der Waals surface area contributed by atoms with E-state index < -0.39 is 0 Å². The summed E-state index contributed by atoms with van der Waals surface area (Å²) < 4.78 is 0. The minimum atomic E-state index is 0.865. The maximum Gasteiger partial charge on any atom is 0.0349 e. The molecule has 1 nitrogen and oxygen atoms in total. The average Bonchev–Trinajstić information content (AvgIpc) is 2.62. The Kier molecular flexibility index (Phi) is 2.07. The van der Waals surface area contributed by atoms with Gasteiger partial charge in [-0.05, 0) is 46.5 Å². The van der Waals surface area contributed by atoms with E-state index in [2.05, 4.69) is 29.8 Å². The third kappa shape index (κ3) is 1.45. The van der Waals surface area contributed by atoms with Gasteiger partial charge >= 0.3 is 0 Å². The van der Waals surface area contributed by atoms with Crippen molar-refractivity contribution in [1.82, 2.24) is 0 Å². The minimum Gasteiger partial charge on any atom is -0.398 e. The van der Waals surface area contributed by atoms with Crippen molar-refractivity contribution in [3.05, 3.63) is 40.6 Å². The predicted molar refractivity (Wildman–Crippen MR) is 58.9 cm³/mol. The van der Waals surface area contributed by atoms with Gasteiger partial charge in [0, 0.05) is 5.69 Å². The Morgan fingerprint density at radius 2 is 2.08 bits per heavy atom. The van der Waals surface area contributed by atoms with Gasteiger partial charge in [0.05, 0.1) is 0 Å². The smallest absolute Gasteiger partial charge is 0.0349 e. The normalized spacial score (nSPS) is 10.2. The molecule has 0 radical (unpaired) electrons. The van der Waals surface area contributed by atoms with E-state index in [1.807, 2.05) is 12.1 Å². The molecule has 0 saturated carbocycles. The van der Waals surface area contributed by atoms with Gasteiger partial charge in [0.15, 0.2) is 0 Å². The molecule has 1 heterocycles. The largest absolute Gasteiger partial charge is 0.398 e. The van der Waals surface area contributed by atoms with Gasteiger partial charge in [0.25, 0.3) is 0 Å². The van der Waals surface area contributed by atoms with Gasteiger partial charge in [0.2, 0.25) is 0 Å². The second-order valence-electron chi connectivity index (χ2n) is 3.03. The van der Waals surface area contributed by atoms with Crippen LogP contribution in [-0.4, -0.2) is 0 Å². The van der Waals surface area contributed by atoms with Crippen LogP contribution in [0.5, 0.6) is 0 Å². The standard InChI is InChI=1S/C11H11NS/c1-8-10(3-2-4-11(8)12)9-5-6-13-7-9/h2-7H,12H2,1H3. The van der Waals surface area contributed by atoms with Crippen molar-refractivity contribution >= 4 is 17.0 Å². The molecule has 2 rings (SSSR count). The highest BCUT2D eigenvalue weighted by molar-refractivity contribution is 7.08. The van der Waals surface area contributed by atoms with Crippen LogP contribution in [0.2, 0.25) is 0 Å². The summed E-state index contributed by atoms with van der Waals surface area (Å²) >= 11 is 1.71. The summed E-state index contributed by atoms with van der Waals surface area (Å²) in [5.74, 6) is 0. The molecule has 0 aliphatic rings. The quantitative estimate of drug-likeness (QED) is 0.684. The van der Waals surface area contributed by atoms with Crippen LogP contribution in [0.25, 0.3) is 11.1 Å². The molecule has 0 fully saturated rings. The summed E-state index contributed by atoms with van der Waals surface area (Å²) in [7, 11) is 0. The topological polar surface area (TPSA) is 26.0 Å². The number of benzene rings is 1. The Hall–Kier alpha value is -1.28. The van der Waals surface area contributed by atoms with E-state index in [-0.39, 0.29) is 0 Å². The molecule has 2 aromatic rings. The van der Waals surface area contributed by atoms with Crippen LogP contribution in [0.15, 0.2) is 35.0 Å². The monoisotopic (exact) mass is 189 g/mol. The Labute approximate surface area is 81.8 Å². The van der Waals surface area contributed by atoms with Crippen molar-refractivity contribution in [3.8, 4) is 11.1 Å². The molecule has 0 saturated heterocycles. The number of rotatable bonds is 1. The highest BCUT2D eigenvalue weighted by atomic mass is 32.1. The van der Waals surface area contributed by atoms with Gasteiger partial charge < -0.3 is 5.73 Å². The Bertz CT molecular complexity index is 404. The summed E-state index contributed by atoms with van der Waals surface area (Å²) in [5.41, 5.74) is 10.4.